The van der Waals surface area contributed by atoms with Crippen LogP contribution in [-0.2, 0) is 23.7 Å². The van der Waals surface area contributed by atoms with Crippen molar-refractivity contribution in [3.05, 3.63) is 24.3 Å². The minimum absolute atomic E-state index is 0.280. The molecule has 26 heavy (non-hydrogen) atoms. The molecule has 0 aliphatic carbocycles. The summed E-state index contributed by atoms with van der Waals surface area (Å²) in [6.07, 6.45) is -0.0977. The molecular weight excluding hydrogens is 338 g/mol. The fraction of sp³-hybridized carbons (Fsp3) is 0.632. The Kier molecular flexibility index (Phi) is 4.32. The summed E-state index contributed by atoms with van der Waals surface area (Å²) in [4.78, 5) is 4.53. The lowest BCUT2D eigenvalue weighted by Crippen LogP contribution is -2.55. The number of rotatable bonds is 3. The zero-order valence-electron chi connectivity index (χ0n) is 15.7. The minimum Gasteiger partial charge on any atom is -0.497 e. The molecule has 1 aromatic rings. The number of methoxy groups -OCH3 is 1. The Morgan fingerprint density at radius 2 is 1.50 bits per heavy atom. The van der Waals surface area contributed by atoms with Crippen molar-refractivity contribution in [3.63, 3.8) is 0 Å². The van der Waals surface area contributed by atoms with Gasteiger partial charge in [-0.05, 0) is 52.0 Å². The van der Waals surface area contributed by atoms with Crippen molar-refractivity contribution >= 4 is 11.9 Å². The van der Waals surface area contributed by atoms with Crippen LogP contribution >= 0.6 is 0 Å². The molecular formula is C19H25NO6. The quantitative estimate of drug-likeness (QED) is 0.770. The van der Waals surface area contributed by atoms with E-state index in [9.17, 15) is 0 Å². The van der Waals surface area contributed by atoms with Crippen molar-refractivity contribution < 1.29 is 28.4 Å². The highest BCUT2D eigenvalue weighted by molar-refractivity contribution is 5.69. The van der Waals surface area contributed by atoms with Crippen LogP contribution in [0, 0.1) is 0 Å². The van der Waals surface area contributed by atoms with E-state index in [1.807, 2.05) is 52.0 Å². The first-order valence-electron chi connectivity index (χ1n) is 8.81. The molecule has 3 aliphatic rings. The highest BCUT2D eigenvalue weighted by atomic mass is 16.9. The molecule has 1 aromatic carbocycles. The van der Waals surface area contributed by atoms with Gasteiger partial charge in [0.25, 0.3) is 0 Å². The molecule has 3 aliphatic heterocycles. The Bertz CT molecular complexity index is 686. The number of fused-ring (bicyclic) bond motifs is 3. The predicted octanol–water partition coefficient (Wildman–Crippen LogP) is 2.79. The van der Waals surface area contributed by atoms with Crippen LogP contribution in [0.3, 0.4) is 0 Å². The van der Waals surface area contributed by atoms with Crippen LogP contribution in [0.15, 0.2) is 29.3 Å². The van der Waals surface area contributed by atoms with E-state index in [-0.39, 0.29) is 18.3 Å². The molecule has 4 rings (SSSR count). The van der Waals surface area contributed by atoms with Gasteiger partial charge in [0.1, 0.15) is 30.2 Å². The summed E-state index contributed by atoms with van der Waals surface area (Å²) in [6, 6.07) is 7.49. The van der Waals surface area contributed by atoms with Crippen molar-refractivity contribution in [2.75, 3.05) is 7.11 Å². The van der Waals surface area contributed by atoms with Crippen LogP contribution in [0.25, 0.3) is 0 Å². The zero-order valence-corrected chi connectivity index (χ0v) is 15.7. The third-order valence-electron chi connectivity index (χ3n) is 4.63. The van der Waals surface area contributed by atoms with E-state index in [1.54, 1.807) is 13.3 Å². The molecule has 3 saturated heterocycles. The third-order valence-corrected chi connectivity index (χ3v) is 4.63. The lowest BCUT2D eigenvalue weighted by Gasteiger charge is -2.35. The van der Waals surface area contributed by atoms with Gasteiger partial charge in [0.15, 0.2) is 17.9 Å². The number of benzene rings is 1. The Balaban J connectivity index is 1.56. The van der Waals surface area contributed by atoms with Crippen LogP contribution < -0.4 is 4.74 Å². The van der Waals surface area contributed by atoms with E-state index in [0.29, 0.717) is 0 Å². The van der Waals surface area contributed by atoms with Crippen LogP contribution in [0.2, 0.25) is 0 Å². The molecule has 0 bridgehead atoms. The van der Waals surface area contributed by atoms with E-state index in [2.05, 4.69) is 4.99 Å². The largest absolute Gasteiger partial charge is 0.497 e. The lowest BCUT2D eigenvalue weighted by molar-refractivity contribution is -0.217. The van der Waals surface area contributed by atoms with Gasteiger partial charge in [-0.25, -0.2) is 0 Å². The van der Waals surface area contributed by atoms with E-state index < -0.39 is 24.0 Å². The van der Waals surface area contributed by atoms with Crippen LogP contribution in [0.5, 0.6) is 5.75 Å². The summed E-state index contributed by atoms with van der Waals surface area (Å²) in [5, 5.41) is 0. The fourth-order valence-corrected chi connectivity index (χ4v) is 3.59. The SMILES string of the molecule is COc1ccc(N=C[C@@H]2O[C@@H]3OC(C)(C)O[C@@H]3[C@H]3OC(C)(C)O[C@H]32)cc1. The molecule has 3 heterocycles. The molecule has 0 saturated carbocycles. The summed E-state index contributed by atoms with van der Waals surface area (Å²) in [7, 11) is 1.63. The molecule has 0 N–H and O–H groups in total. The number of aliphatic imine (C=N–C) groups is 1. The fourth-order valence-electron chi connectivity index (χ4n) is 3.59. The number of hydrogen-bond acceptors (Lipinski definition) is 7. The highest BCUT2D eigenvalue weighted by Gasteiger charge is 2.60. The van der Waals surface area contributed by atoms with E-state index in [0.717, 1.165) is 11.4 Å². The number of hydrogen-bond donors (Lipinski definition) is 0. The van der Waals surface area contributed by atoms with Gasteiger partial charge < -0.3 is 28.4 Å². The van der Waals surface area contributed by atoms with Crippen LogP contribution in [0.4, 0.5) is 5.69 Å². The number of nitrogens with zero attached hydrogens (tertiary/aromatic N) is 1. The summed E-state index contributed by atoms with van der Waals surface area (Å²) in [6.45, 7) is 7.51. The first kappa shape index (κ1) is 17.9. The van der Waals surface area contributed by atoms with Gasteiger partial charge in [0, 0.05) is 6.21 Å². The van der Waals surface area contributed by atoms with Gasteiger partial charge in [-0.3, -0.25) is 4.99 Å². The highest BCUT2D eigenvalue weighted by Crippen LogP contribution is 2.43. The summed E-state index contributed by atoms with van der Waals surface area (Å²) in [5.41, 5.74) is 0.801. The molecule has 0 amide bonds. The molecule has 7 heteroatoms. The van der Waals surface area contributed by atoms with Crippen molar-refractivity contribution in [3.8, 4) is 5.75 Å². The standard InChI is InChI=1S/C19H25NO6/c1-18(2)23-14-13(10-20-11-6-8-12(21-5)9-7-11)22-17-16(15(14)24-18)25-19(3,4)26-17/h6-10,13-17H,1-5H3/t13-,14-,15-,16+,17+/m0/s1. The molecule has 0 aromatic heterocycles. The average Bonchev–Trinajstić information content (AvgIpc) is 3.07. The lowest BCUT2D eigenvalue weighted by atomic mass is 9.99. The maximum Gasteiger partial charge on any atom is 0.190 e. The second-order valence-corrected chi connectivity index (χ2v) is 7.61. The molecule has 3 fully saturated rings. The van der Waals surface area contributed by atoms with Crippen molar-refractivity contribution in [1.29, 1.82) is 0 Å². The van der Waals surface area contributed by atoms with Gasteiger partial charge in [0.05, 0.1) is 12.8 Å². The Morgan fingerprint density at radius 3 is 2.19 bits per heavy atom. The van der Waals surface area contributed by atoms with Crippen molar-refractivity contribution in [1.82, 2.24) is 0 Å². The maximum absolute atomic E-state index is 6.09. The summed E-state index contributed by atoms with van der Waals surface area (Å²) >= 11 is 0. The van der Waals surface area contributed by atoms with Gasteiger partial charge >= 0.3 is 0 Å². The Morgan fingerprint density at radius 1 is 0.885 bits per heavy atom. The minimum atomic E-state index is -0.724. The smallest absolute Gasteiger partial charge is 0.190 e. The predicted molar refractivity (Wildman–Crippen MR) is 93.7 cm³/mol. The normalized spacial score (nSPS) is 37.5. The number of ether oxygens (including phenoxy) is 6. The summed E-state index contributed by atoms with van der Waals surface area (Å²) in [5.74, 6) is -0.651. The van der Waals surface area contributed by atoms with Crippen LogP contribution in [0.1, 0.15) is 27.7 Å². The molecule has 7 nitrogen and oxygen atoms in total. The molecule has 0 radical (unpaired) electrons. The average molecular weight is 363 g/mol. The monoisotopic (exact) mass is 363 g/mol. The van der Waals surface area contributed by atoms with Gasteiger partial charge in [-0.15, -0.1) is 0 Å². The van der Waals surface area contributed by atoms with Gasteiger partial charge in [-0.1, -0.05) is 0 Å². The van der Waals surface area contributed by atoms with E-state index in [1.165, 1.54) is 0 Å². The third kappa shape index (κ3) is 3.37. The molecule has 5 atom stereocenters. The molecule has 142 valence electrons. The Hall–Kier alpha value is -1.51. The Labute approximate surface area is 153 Å². The van der Waals surface area contributed by atoms with Gasteiger partial charge in [-0.2, -0.15) is 0 Å². The second-order valence-electron chi connectivity index (χ2n) is 7.61. The van der Waals surface area contributed by atoms with Crippen LogP contribution in [-0.4, -0.2) is 55.6 Å². The molecule has 0 unspecified atom stereocenters. The molecule has 0 spiro atoms. The summed E-state index contributed by atoms with van der Waals surface area (Å²) < 4.78 is 35.3. The van der Waals surface area contributed by atoms with E-state index in [4.69, 9.17) is 28.4 Å². The first-order valence-corrected chi connectivity index (χ1v) is 8.81. The maximum atomic E-state index is 6.09. The zero-order chi connectivity index (χ0) is 18.5. The first-order chi connectivity index (χ1) is 12.3. The van der Waals surface area contributed by atoms with Crippen molar-refractivity contribution in [2.24, 2.45) is 4.99 Å². The topological polar surface area (TPSA) is 67.7 Å². The van der Waals surface area contributed by atoms with Gasteiger partial charge in [0.2, 0.25) is 0 Å². The van der Waals surface area contributed by atoms with E-state index >= 15 is 0 Å². The van der Waals surface area contributed by atoms with Crippen molar-refractivity contribution in [2.45, 2.75) is 70.0 Å². The second kappa shape index (κ2) is 6.28.